The van der Waals surface area contributed by atoms with E-state index in [0.29, 0.717) is 65.9 Å². The first-order valence-corrected chi connectivity index (χ1v) is 15.7. The molecule has 17 heteroatoms. The van der Waals surface area contributed by atoms with E-state index in [-0.39, 0.29) is 24.0 Å². The molecule has 1 unspecified atom stereocenters. The minimum atomic E-state index is -4.48. The molecular weight excluding hydrogens is 626 g/mol. The van der Waals surface area contributed by atoms with Gasteiger partial charge in [-0.15, -0.1) is 10.2 Å². The van der Waals surface area contributed by atoms with Crippen molar-refractivity contribution in [3.63, 3.8) is 0 Å². The topological polar surface area (TPSA) is 181 Å². The normalized spacial score (nSPS) is 14.9. The minimum absolute atomic E-state index is 0.0678. The molecule has 1 fully saturated rings. The van der Waals surface area contributed by atoms with E-state index in [1.54, 1.807) is 18.3 Å². The highest BCUT2D eigenvalue weighted by Gasteiger charge is 2.23. The first-order chi connectivity index (χ1) is 22.2. The van der Waals surface area contributed by atoms with Crippen LogP contribution in [0.2, 0.25) is 0 Å². The molecule has 14 nitrogen and oxygen atoms in total. The summed E-state index contributed by atoms with van der Waals surface area (Å²) in [6.07, 6.45) is 2.51. The summed E-state index contributed by atoms with van der Waals surface area (Å²) in [5.41, 5.74) is 2.16. The number of morpholine rings is 1. The monoisotopic (exact) mass is 656 g/mol. The highest BCUT2D eigenvalue weighted by molar-refractivity contribution is 7.92. The fraction of sp³-hybridized carbons (Fsp3) is 0.310. The SMILES string of the molecule is COc1ncc(-c2cc(-c3nnc(CNCC(O)CN4CCOCC4)o3)c3cn[nH]c3c2)cc1NS(=O)(=O)c1ccc(F)cc1F. The quantitative estimate of drug-likeness (QED) is 0.154. The van der Waals surface area contributed by atoms with E-state index in [1.165, 1.54) is 19.4 Å². The number of hydrogen-bond donors (Lipinski definition) is 4. The number of aromatic nitrogens is 5. The number of rotatable bonds is 12. The molecule has 0 amide bonds. The van der Waals surface area contributed by atoms with Gasteiger partial charge in [-0.05, 0) is 35.9 Å². The van der Waals surface area contributed by atoms with Crippen molar-refractivity contribution in [2.45, 2.75) is 17.5 Å². The summed E-state index contributed by atoms with van der Waals surface area (Å²) in [6, 6.07) is 7.17. The van der Waals surface area contributed by atoms with Crippen molar-refractivity contribution < 1.29 is 36.2 Å². The first kappa shape index (κ1) is 31.4. The third-order valence-corrected chi connectivity index (χ3v) is 8.69. The van der Waals surface area contributed by atoms with Crippen molar-refractivity contribution in [3.05, 3.63) is 66.3 Å². The molecule has 0 bridgehead atoms. The average molecular weight is 657 g/mol. The minimum Gasteiger partial charge on any atom is -0.480 e. The molecule has 1 aliphatic heterocycles. The maximum atomic E-state index is 14.3. The van der Waals surface area contributed by atoms with Crippen molar-refractivity contribution >= 4 is 26.6 Å². The Bertz CT molecular complexity index is 1950. The van der Waals surface area contributed by atoms with Crippen LogP contribution in [0.15, 0.2) is 58.1 Å². The number of aliphatic hydroxyl groups excluding tert-OH is 1. The number of H-pyrrole nitrogens is 1. The lowest BCUT2D eigenvalue weighted by molar-refractivity contribution is 0.0148. The van der Waals surface area contributed by atoms with Gasteiger partial charge in [0.2, 0.25) is 17.7 Å². The van der Waals surface area contributed by atoms with E-state index in [2.05, 4.69) is 40.3 Å². The van der Waals surface area contributed by atoms with Gasteiger partial charge >= 0.3 is 0 Å². The zero-order valence-corrected chi connectivity index (χ0v) is 25.4. The van der Waals surface area contributed by atoms with Crippen LogP contribution in [0.4, 0.5) is 14.5 Å². The summed E-state index contributed by atoms with van der Waals surface area (Å²) in [5, 5.41) is 29.6. The number of β-amino-alcohol motifs (C(OH)–C–C–N with tert-alkyl or cyclic N) is 1. The predicted molar refractivity (Wildman–Crippen MR) is 161 cm³/mol. The number of pyridine rings is 1. The summed E-state index contributed by atoms with van der Waals surface area (Å²) in [6.45, 7) is 3.98. The zero-order valence-electron chi connectivity index (χ0n) is 24.5. The molecule has 46 heavy (non-hydrogen) atoms. The number of nitrogens with zero attached hydrogens (tertiary/aromatic N) is 5. The van der Waals surface area contributed by atoms with E-state index in [0.717, 1.165) is 25.2 Å². The molecule has 6 rings (SSSR count). The summed E-state index contributed by atoms with van der Waals surface area (Å²) in [5.74, 6) is -1.70. The van der Waals surface area contributed by atoms with Crippen LogP contribution in [-0.2, 0) is 21.3 Å². The summed E-state index contributed by atoms with van der Waals surface area (Å²) in [7, 11) is -3.17. The van der Waals surface area contributed by atoms with Gasteiger partial charge in [-0.25, -0.2) is 22.2 Å². The van der Waals surface area contributed by atoms with Gasteiger partial charge in [0.25, 0.3) is 10.0 Å². The van der Waals surface area contributed by atoms with Crippen molar-refractivity contribution in [2.24, 2.45) is 0 Å². The predicted octanol–water partition coefficient (Wildman–Crippen LogP) is 2.55. The average Bonchev–Trinajstić information content (AvgIpc) is 3.71. The highest BCUT2D eigenvalue weighted by atomic mass is 32.2. The molecule has 0 spiro atoms. The molecule has 0 saturated carbocycles. The Morgan fingerprint density at radius 1 is 1.11 bits per heavy atom. The van der Waals surface area contributed by atoms with Crippen LogP contribution >= 0.6 is 0 Å². The molecule has 4 heterocycles. The molecule has 0 radical (unpaired) electrons. The van der Waals surface area contributed by atoms with Crippen LogP contribution in [0.3, 0.4) is 0 Å². The lowest BCUT2D eigenvalue weighted by atomic mass is 10.0. The second kappa shape index (κ2) is 13.4. The van der Waals surface area contributed by atoms with Crippen LogP contribution < -0.4 is 14.8 Å². The standard InChI is InChI=1S/C29H30F2N8O6S/c1-43-29-25(38-46(41,42)26-3-2-19(30)11-23(26)31)10-18(12-33-29)17-8-21(22-14-34-35-24(22)9-17)28-37-36-27(45-28)15-32-13-20(40)16-39-4-6-44-7-5-39/h2-3,8-12,14,20,32,38,40H,4-7,13,15-16H2,1H3,(H,34,35). The largest absolute Gasteiger partial charge is 0.480 e. The summed E-state index contributed by atoms with van der Waals surface area (Å²) >= 11 is 0. The van der Waals surface area contributed by atoms with Crippen molar-refractivity contribution in [1.82, 2.24) is 35.6 Å². The van der Waals surface area contributed by atoms with Crippen LogP contribution in [0.1, 0.15) is 5.89 Å². The molecule has 3 aromatic heterocycles. The van der Waals surface area contributed by atoms with Gasteiger partial charge in [0, 0.05) is 49.4 Å². The van der Waals surface area contributed by atoms with Crippen molar-refractivity contribution in [2.75, 3.05) is 51.2 Å². The smallest absolute Gasteiger partial charge is 0.264 e. The van der Waals surface area contributed by atoms with Crippen LogP contribution in [0, 0.1) is 11.6 Å². The molecule has 5 aromatic rings. The third kappa shape index (κ3) is 6.97. The lowest BCUT2D eigenvalue weighted by Gasteiger charge is -2.28. The second-order valence-electron chi connectivity index (χ2n) is 10.5. The number of methoxy groups -OCH3 is 1. The van der Waals surface area contributed by atoms with Gasteiger partial charge in [-0.3, -0.25) is 14.7 Å². The maximum Gasteiger partial charge on any atom is 0.264 e. The summed E-state index contributed by atoms with van der Waals surface area (Å²) < 4.78 is 72.6. The highest BCUT2D eigenvalue weighted by Crippen LogP contribution is 2.35. The van der Waals surface area contributed by atoms with Gasteiger partial charge in [0.1, 0.15) is 22.2 Å². The molecule has 1 aliphatic rings. The molecule has 1 saturated heterocycles. The molecule has 242 valence electrons. The number of aliphatic hydroxyl groups is 1. The van der Waals surface area contributed by atoms with Gasteiger partial charge in [-0.1, -0.05) is 0 Å². The zero-order chi connectivity index (χ0) is 32.3. The second-order valence-corrected chi connectivity index (χ2v) is 12.2. The van der Waals surface area contributed by atoms with Crippen LogP contribution in [0.5, 0.6) is 5.88 Å². The van der Waals surface area contributed by atoms with Crippen LogP contribution in [0.25, 0.3) is 33.5 Å². The maximum absolute atomic E-state index is 14.3. The third-order valence-electron chi connectivity index (χ3n) is 7.29. The van der Waals surface area contributed by atoms with E-state index in [4.69, 9.17) is 13.9 Å². The molecule has 2 aromatic carbocycles. The first-order valence-electron chi connectivity index (χ1n) is 14.2. The van der Waals surface area contributed by atoms with Gasteiger partial charge in [-0.2, -0.15) is 5.10 Å². The van der Waals surface area contributed by atoms with E-state index < -0.39 is 32.7 Å². The van der Waals surface area contributed by atoms with Gasteiger partial charge in [0.15, 0.2) is 0 Å². The molecule has 4 N–H and O–H groups in total. The van der Waals surface area contributed by atoms with Crippen molar-refractivity contribution in [3.8, 4) is 28.5 Å². The molecule has 1 atom stereocenters. The van der Waals surface area contributed by atoms with Crippen molar-refractivity contribution in [1.29, 1.82) is 0 Å². The van der Waals surface area contributed by atoms with Crippen LogP contribution in [-0.4, -0.2) is 96.4 Å². The number of ether oxygens (including phenoxy) is 2. The fourth-order valence-corrected chi connectivity index (χ4v) is 6.17. The number of nitrogens with one attached hydrogen (secondary N) is 3. The Balaban J connectivity index is 1.22. The van der Waals surface area contributed by atoms with Gasteiger partial charge < -0.3 is 24.3 Å². The van der Waals surface area contributed by atoms with E-state index in [9.17, 15) is 22.3 Å². The number of sulfonamides is 1. The number of aromatic amines is 1. The Kier molecular flexibility index (Phi) is 9.18. The number of benzene rings is 2. The number of halogens is 2. The number of fused-ring (bicyclic) bond motifs is 1. The summed E-state index contributed by atoms with van der Waals surface area (Å²) in [4.78, 5) is 5.63. The number of hydrogen-bond acceptors (Lipinski definition) is 12. The Morgan fingerprint density at radius 3 is 2.72 bits per heavy atom. The Morgan fingerprint density at radius 2 is 1.93 bits per heavy atom. The van der Waals surface area contributed by atoms with Gasteiger partial charge in [0.05, 0.1) is 50.2 Å². The lowest BCUT2D eigenvalue weighted by Crippen LogP contribution is -2.43. The molecule has 0 aliphatic carbocycles. The number of anilines is 1. The van der Waals surface area contributed by atoms with E-state index in [1.807, 2.05) is 0 Å². The van der Waals surface area contributed by atoms with E-state index >= 15 is 0 Å². The Hall–Kier alpha value is -4.55. The Labute approximate surface area is 261 Å². The fourth-order valence-electron chi connectivity index (χ4n) is 5.06. The molecular formula is C29H30F2N8O6S.